The smallest absolute Gasteiger partial charge is 0.255 e. The van der Waals surface area contributed by atoms with Gasteiger partial charge in [0.05, 0.1) is 5.56 Å². The average molecular weight is 289 g/mol. The fourth-order valence-electron chi connectivity index (χ4n) is 2.36. The molecule has 0 saturated carbocycles. The maximum atomic E-state index is 12.4. The molecule has 1 aromatic heterocycles. The Hall–Kier alpha value is -1.91. The predicted octanol–water partition coefficient (Wildman–Crippen LogP) is 1.72. The first-order chi connectivity index (χ1) is 9.79. The lowest BCUT2D eigenvalue weighted by atomic mass is 9.94. The summed E-state index contributed by atoms with van der Waals surface area (Å²) in [5.41, 5.74) is 1.14. The predicted molar refractivity (Wildman–Crippen MR) is 80.9 cm³/mol. The molecule has 1 aliphatic heterocycles. The molecule has 0 radical (unpaired) electrons. The van der Waals surface area contributed by atoms with Crippen molar-refractivity contribution in [2.75, 3.05) is 26.2 Å². The van der Waals surface area contributed by atoms with E-state index in [9.17, 15) is 9.59 Å². The lowest BCUT2D eigenvalue weighted by Crippen LogP contribution is -2.53. The summed E-state index contributed by atoms with van der Waals surface area (Å²) in [5.74, 6) is 0.136. The van der Waals surface area contributed by atoms with Gasteiger partial charge in [-0.25, -0.2) is 0 Å². The van der Waals surface area contributed by atoms with Crippen LogP contribution in [0.5, 0.6) is 0 Å². The topological polar surface area (TPSA) is 53.5 Å². The van der Waals surface area contributed by atoms with Gasteiger partial charge in [-0.2, -0.15) is 0 Å². The van der Waals surface area contributed by atoms with E-state index in [1.54, 1.807) is 17.2 Å². The Morgan fingerprint density at radius 2 is 1.62 bits per heavy atom. The van der Waals surface area contributed by atoms with Crippen molar-refractivity contribution < 1.29 is 9.59 Å². The summed E-state index contributed by atoms with van der Waals surface area (Å²) in [7, 11) is 0. The zero-order valence-electron chi connectivity index (χ0n) is 13.2. The van der Waals surface area contributed by atoms with Crippen molar-refractivity contribution in [1.29, 1.82) is 0 Å². The number of hydrogen-bond donors (Lipinski definition) is 0. The van der Waals surface area contributed by atoms with Gasteiger partial charge in [0.15, 0.2) is 0 Å². The molecule has 1 aliphatic rings. The molecule has 1 saturated heterocycles. The molecule has 0 bridgehead atoms. The number of nitrogens with zero attached hydrogens (tertiary/aromatic N) is 3. The van der Waals surface area contributed by atoms with E-state index in [1.165, 1.54) is 0 Å². The third-order valence-corrected chi connectivity index (χ3v) is 3.65. The first kappa shape index (κ1) is 15.5. The third kappa shape index (κ3) is 3.60. The van der Waals surface area contributed by atoms with Crippen LogP contribution in [0.3, 0.4) is 0 Å². The number of aromatic nitrogens is 1. The number of carbonyl (C=O) groups excluding carboxylic acids is 2. The zero-order valence-corrected chi connectivity index (χ0v) is 13.2. The Bertz CT molecular complexity index is 523. The minimum absolute atomic E-state index is 0.00893. The van der Waals surface area contributed by atoms with Crippen LogP contribution in [0.25, 0.3) is 0 Å². The molecule has 114 valence electrons. The molecule has 0 N–H and O–H groups in total. The van der Waals surface area contributed by atoms with Crippen molar-refractivity contribution in [3.63, 3.8) is 0 Å². The van der Waals surface area contributed by atoms with Gasteiger partial charge in [-0.1, -0.05) is 20.8 Å². The highest BCUT2D eigenvalue weighted by molar-refractivity contribution is 5.94. The van der Waals surface area contributed by atoms with Crippen LogP contribution in [-0.2, 0) is 4.79 Å². The van der Waals surface area contributed by atoms with Crippen molar-refractivity contribution in [2.24, 2.45) is 5.41 Å². The van der Waals surface area contributed by atoms with Crippen LogP contribution in [0.4, 0.5) is 0 Å². The Morgan fingerprint density at radius 1 is 1.05 bits per heavy atom. The van der Waals surface area contributed by atoms with Crippen LogP contribution >= 0.6 is 0 Å². The molecule has 0 aromatic carbocycles. The second-order valence-corrected chi connectivity index (χ2v) is 6.52. The number of pyridine rings is 1. The van der Waals surface area contributed by atoms with E-state index < -0.39 is 0 Å². The molecule has 1 aromatic rings. The summed E-state index contributed by atoms with van der Waals surface area (Å²) in [4.78, 5) is 32.4. The van der Waals surface area contributed by atoms with Gasteiger partial charge in [0.2, 0.25) is 5.91 Å². The van der Waals surface area contributed by atoms with E-state index in [4.69, 9.17) is 0 Å². The molecule has 2 amide bonds. The molecule has 5 nitrogen and oxygen atoms in total. The standard InChI is InChI=1S/C16H23N3O2/c1-12-5-6-13(11-17-12)14(20)18-7-9-19(10-8-18)15(21)16(2,3)4/h5-6,11H,7-10H2,1-4H3. The highest BCUT2D eigenvalue weighted by Gasteiger charge is 2.31. The van der Waals surface area contributed by atoms with E-state index >= 15 is 0 Å². The molecule has 5 heteroatoms. The van der Waals surface area contributed by atoms with Crippen LogP contribution in [0.15, 0.2) is 18.3 Å². The SMILES string of the molecule is Cc1ccc(C(=O)N2CCN(C(=O)C(C)(C)C)CC2)cn1. The Balaban J connectivity index is 1.96. The number of amides is 2. The Labute approximate surface area is 126 Å². The van der Waals surface area contributed by atoms with Crippen LogP contribution in [0, 0.1) is 12.3 Å². The van der Waals surface area contributed by atoms with Gasteiger partial charge >= 0.3 is 0 Å². The van der Waals surface area contributed by atoms with E-state index in [2.05, 4.69) is 4.98 Å². The quantitative estimate of drug-likeness (QED) is 0.791. The zero-order chi connectivity index (χ0) is 15.6. The van der Waals surface area contributed by atoms with Gasteiger partial charge in [0.1, 0.15) is 0 Å². The average Bonchev–Trinajstić information content (AvgIpc) is 2.46. The number of hydrogen-bond acceptors (Lipinski definition) is 3. The van der Waals surface area contributed by atoms with Gasteiger partial charge in [0.25, 0.3) is 5.91 Å². The summed E-state index contributed by atoms with van der Waals surface area (Å²) in [6, 6.07) is 3.64. The molecule has 1 fully saturated rings. The van der Waals surface area contributed by atoms with Crippen LogP contribution in [-0.4, -0.2) is 52.8 Å². The first-order valence-corrected chi connectivity index (χ1v) is 7.30. The van der Waals surface area contributed by atoms with Gasteiger partial charge in [-0.3, -0.25) is 14.6 Å². The van der Waals surface area contributed by atoms with Crippen molar-refractivity contribution >= 4 is 11.8 Å². The molecule has 21 heavy (non-hydrogen) atoms. The van der Waals surface area contributed by atoms with Crippen LogP contribution in [0.2, 0.25) is 0 Å². The van der Waals surface area contributed by atoms with Crippen molar-refractivity contribution in [2.45, 2.75) is 27.7 Å². The Kier molecular flexibility index (Phi) is 4.30. The van der Waals surface area contributed by atoms with E-state index in [0.717, 1.165) is 5.69 Å². The lowest BCUT2D eigenvalue weighted by Gasteiger charge is -2.37. The van der Waals surface area contributed by atoms with Gasteiger partial charge in [-0.15, -0.1) is 0 Å². The fourth-order valence-corrected chi connectivity index (χ4v) is 2.36. The molecule has 0 unspecified atom stereocenters. The maximum absolute atomic E-state index is 12.4. The van der Waals surface area contributed by atoms with Crippen molar-refractivity contribution in [1.82, 2.24) is 14.8 Å². The lowest BCUT2D eigenvalue weighted by molar-refractivity contribution is -0.140. The highest BCUT2D eigenvalue weighted by atomic mass is 16.2. The minimum Gasteiger partial charge on any atom is -0.339 e. The monoisotopic (exact) mass is 289 g/mol. The third-order valence-electron chi connectivity index (χ3n) is 3.65. The molecule has 2 rings (SSSR count). The maximum Gasteiger partial charge on any atom is 0.255 e. The second-order valence-electron chi connectivity index (χ2n) is 6.52. The molecule has 0 spiro atoms. The largest absolute Gasteiger partial charge is 0.339 e. The summed E-state index contributed by atoms with van der Waals surface area (Å²) in [6.07, 6.45) is 1.62. The van der Waals surface area contributed by atoms with Crippen molar-refractivity contribution in [3.8, 4) is 0 Å². The van der Waals surface area contributed by atoms with Gasteiger partial charge < -0.3 is 9.80 Å². The molecule has 2 heterocycles. The normalized spacial score (nSPS) is 16.0. The highest BCUT2D eigenvalue weighted by Crippen LogP contribution is 2.19. The minimum atomic E-state index is -0.368. The molecule has 0 aliphatic carbocycles. The fraction of sp³-hybridized carbons (Fsp3) is 0.562. The van der Waals surface area contributed by atoms with E-state index in [-0.39, 0.29) is 17.2 Å². The van der Waals surface area contributed by atoms with Crippen LogP contribution in [0.1, 0.15) is 36.8 Å². The van der Waals surface area contributed by atoms with Crippen molar-refractivity contribution in [3.05, 3.63) is 29.6 Å². The summed E-state index contributed by atoms with van der Waals surface area (Å²) >= 11 is 0. The van der Waals surface area contributed by atoms with Crippen LogP contribution < -0.4 is 0 Å². The van der Waals surface area contributed by atoms with Gasteiger partial charge in [0, 0.05) is 43.5 Å². The summed E-state index contributed by atoms with van der Waals surface area (Å²) in [6.45, 7) is 10.0. The van der Waals surface area contributed by atoms with E-state index in [0.29, 0.717) is 31.7 Å². The number of carbonyl (C=O) groups is 2. The number of piperazine rings is 1. The summed E-state index contributed by atoms with van der Waals surface area (Å²) in [5, 5.41) is 0. The number of rotatable bonds is 1. The number of aryl methyl sites for hydroxylation is 1. The summed E-state index contributed by atoms with van der Waals surface area (Å²) < 4.78 is 0. The second kappa shape index (κ2) is 5.84. The molecular formula is C16H23N3O2. The van der Waals surface area contributed by atoms with Gasteiger partial charge in [-0.05, 0) is 19.1 Å². The Morgan fingerprint density at radius 3 is 2.10 bits per heavy atom. The molecule has 0 atom stereocenters. The first-order valence-electron chi connectivity index (χ1n) is 7.30. The van der Waals surface area contributed by atoms with E-state index in [1.807, 2.05) is 38.7 Å². The molecular weight excluding hydrogens is 266 g/mol.